The third kappa shape index (κ3) is 3.84. The highest BCUT2D eigenvalue weighted by molar-refractivity contribution is 9.10. The van der Waals surface area contributed by atoms with Gasteiger partial charge in [0.05, 0.1) is 20.9 Å². The Hall–Kier alpha value is -1.97. The maximum absolute atomic E-state index is 14.3. The monoisotopic (exact) mass is 571 g/mol. The molecule has 1 aliphatic rings. The van der Waals surface area contributed by atoms with Gasteiger partial charge in [0.1, 0.15) is 6.10 Å². The number of pyridine rings is 1. The lowest BCUT2D eigenvalue weighted by molar-refractivity contribution is -0.278. The molecule has 1 aromatic heterocycles. The molecule has 0 fully saturated rings. The van der Waals surface area contributed by atoms with Crippen LogP contribution in [0, 0.1) is 0 Å². The average Bonchev–Trinajstić information content (AvgIpc) is 2.76. The number of nitrogens with zero attached hydrogens (tertiary/aromatic N) is 1. The Bertz CT molecular complexity index is 1140. The third-order valence-corrected chi connectivity index (χ3v) is 7.22. The van der Waals surface area contributed by atoms with Gasteiger partial charge in [-0.2, -0.15) is 13.2 Å². The van der Waals surface area contributed by atoms with Crippen molar-refractivity contribution in [2.75, 3.05) is 7.11 Å². The van der Waals surface area contributed by atoms with E-state index in [0.29, 0.717) is 17.7 Å². The molecule has 4 rings (SSSR count). The number of methoxy groups -OCH3 is 1. The van der Waals surface area contributed by atoms with Crippen LogP contribution in [0.5, 0.6) is 0 Å². The van der Waals surface area contributed by atoms with Crippen molar-refractivity contribution in [1.82, 2.24) is 4.98 Å². The maximum Gasteiger partial charge on any atom is 0.432 e. The van der Waals surface area contributed by atoms with Crippen LogP contribution in [0.4, 0.5) is 13.2 Å². The Labute approximate surface area is 199 Å². The highest BCUT2D eigenvalue weighted by Gasteiger charge is 2.64. The number of aromatic nitrogens is 1. The molecule has 1 unspecified atom stereocenters. The number of carbonyl (C=O) groups excluding carboxylic acids is 1. The normalized spacial score (nSPS) is 22.8. The first kappa shape index (κ1) is 23.2. The minimum absolute atomic E-state index is 0.148. The zero-order chi connectivity index (χ0) is 23.1. The van der Waals surface area contributed by atoms with Crippen LogP contribution in [0.15, 0.2) is 60.7 Å². The van der Waals surface area contributed by atoms with E-state index < -0.39 is 28.7 Å². The fourth-order valence-corrected chi connectivity index (χ4v) is 6.01. The molecular formula is C23H18Br2F3NO3. The number of fused-ring (bicyclic) bond motifs is 2. The fraction of sp³-hybridized carbons (Fsp3) is 0.304. The number of para-hydroxylation sites is 1. The first-order valence-electron chi connectivity index (χ1n) is 9.75. The van der Waals surface area contributed by atoms with Gasteiger partial charge in [-0.3, -0.25) is 4.98 Å². The van der Waals surface area contributed by atoms with Gasteiger partial charge in [0.25, 0.3) is 5.60 Å². The molecule has 3 aromatic rings. The first-order chi connectivity index (χ1) is 15.2. The number of rotatable bonds is 4. The van der Waals surface area contributed by atoms with E-state index in [9.17, 15) is 18.0 Å². The molecule has 4 nitrogen and oxygen atoms in total. The Morgan fingerprint density at radius 1 is 1.06 bits per heavy atom. The quantitative estimate of drug-likeness (QED) is 0.263. The number of carbonyl (C=O) groups is 1. The van der Waals surface area contributed by atoms with E-state index in [1.807, 2.05) is 30.3 Å². The predicted octanol–water partition coefficient (Wildman–Crippen LogP) is 6.53. The van der Waals surface area contributed by atoms with E-state index in [0.717, 1.165) is 18.0 Å². The van der Waals surface area contributed by atoms with Crippen LogP contribution in [-0.2, 0) is 19.9 Å². The molecule has 9 heteroatoms. The minimum Gasteiger partial charge on any atom is -0.454 e. The number of ether oxygens (including phenoxy) is 2. The molecule has 32 heavy (non-hydrogen) atoms. The minimum atomic E-state index is -5.04. The van der Waals surface area contributed by atoms with Gasteiger partial charge in [-0.1, -0.05) is 80.4 Å². The van der Waals surface area contributed by atoms with E-state index >= 15 is 0 Å². The van der Waals surface area contributed by atoms with Gasteiger partial charge < -0.3 is 9.47 Å². The topological polar surface area (TPSA) is 48.4 Å². The number of alkyl halides is 5. The average molecular weight is 573 g/mol. The van der Waals surface area contributed by atoms with Crippen LogP contribution in [0.2, 0.25) is 0 Å². The zero-order valence-electron chi connectivity index (χ0n) is 16.8. The number of benzene rings is 2. The molecule has 0 radical (unpaired) electrons. The number of halogens is 5. The molecule has 0 bridgehead atoms. The summed E-state index contributed by atoms with van der Waals surface area (Å²) >= 11 is 7.09. The fourth-order valence-electron chi connectivity index (χ4n) is 3.98. The molecule has 4 atom stereocenters. The van der Waals surface area contributed by atoms with Gasteiger partial charge >= 0.3 is 12.1 Å². The third-order valence-electron chi connectivity index (χ3n) is 5.56. The van der Waals surface area contributed by atoms with Crippen LogP contribution >= 0.6 is 31.9 Å². The van der Waals surface area contributed by atoms with Gasteiger partial charge in [-0.05, 0) is 18.6 Å². The molecule has 1 heterocycles. The number of esters is 1. The highest BCUT2D eigenvalue weighted by atomic mass is 79.9. The van der Waals surface area contributed by atoms with Crippen LogP contribution in [0.1, 0.15) is 34.2 Å². The van der Waals surface area contributed by atoms with E-state index in [1.165, 1.54) is 24.3 Å². The Morgan fingerprint density at radius 3 is 2.38 bits per heavy atom. The second-order valence-corrected chi connectivity index (χ2v) is 9.73. The summed E-state index contributed by atoms with van der Waals surface area (Å²) in [5.41, 5.74) is -1.67. The summed E-state index contributed by atoms with van der Waals surface area (Å²) in [5.74, 6) is -1.53. The van der Waals surface area contributed by atoms with Crippen molar-refractivity contribution in [3.63, 3.8) is 0 Å². The summed E-state index contributed by atoms with van der Waals surface area (Å²) < 4.78 is 53.3. The van der Waals surface area contributed by atoms with Gasteiger partial charge in [0.15, 0.2) is 0 Å². The molecule has 0 aliphatic heterocycles. The summed E-state index contributed by atoms with van der Waals surface area (Å²) in [6, 6.07) is 16.0. The summed E-state index contributed by atoms with van der Waals surface area (Å²) in [6.07, 6.45) is -5.56. The van der Waals surface area contributed by atoms with Crippen LogP contribution in [0.25, 0.3) is 10.9 Å². The molecule has 0 amide bonds. The van der Waals surface area contributed by atoms with Gasteiger partial charge in [0, 0.05) is 23.6 Å². The molecule has 0 saturated heterocycles. The maximum atomic E-state index is 14.3. The molecule has 0 spiro atoms. The van der Waals surface area contributed by atoms with Crippen molar-refractivity contribution in [3.05, 3.63) is 77.5 Å². The SMILES string of the molecule is CO[C@](C(=O)O[C@H]1c2cc3ccccc3nc2C(Br)C[C@@H]1Br)(c1ccccc1)C(F)(F)F. The van der Waals surface area contributed by atoms with E-state index in [-0.39, 0.29) is 10.4 Å². The van der Waals surface area contributed by atoms with Crippen molar-refractivity contribution >= 4 is 48.7 Å². The lowest BCUT2D eigenvalue weighted by Crippen LogP contribution is -2.52. The summed E-state index contributed by atoms with van der Waals surface area (Å²) in [7, 11) is 0.853. The Kier molecular flexibility index (Phi) is 6.35. The van der Waals surface area contributed by atoms with Crippen molar-refractivity contribution < 1.29 is 27.4 Å². The van der Waals surface area contributed by atoms with Crippen LogP contribution in [-0.4, -0.2) is 29.1 Å². The molecule has 168 valence electrons. The smallest absolute Gasteiger partial charge is 0.432 e. The van der Waals surface area contributed by atoms with Gasteiger partial charge in [-0.15, -0.1) is 0 Å². The molecule has 1 aliphatic carbocycles. The zero-order valence-corrected chi connectivity index (χ0v) is 19.9. The van der Waals surface area contributed by atoms with Gasteiger partial charge in [-0.25, -0.2) is 4.79 Å². The number of hydrogen-bond acceptors (Lipinski definition) is 4. The molecule has 2 aromatic carbocycles. The molecule has 0 N–H and O–H groups in total. The summed E-state index contributed by atoms with van der Waals surface area (Å²) in [4.78, 5) is 17.3. The van der Waals surface area contributed by atoms with Crippen molar-refractivity contribution in [2.45, 2.75) is 34.0 Å². The largest absolute Gasteiger partial charge is 0.454 e. The van der Waals surface area contributed by atoms with Crippen molar-refractivity contribution in [3.8, 4) is 0 Å². The lowest BCUT2D eigenvalue weighted by atomic mass is 9.90. The van der Waals surface area contributed by atoms with Crippen LogP contribution in [0.3, 0.4) is 0 Å². The summed E-state index contributed by atoms with van der Waals surface area (Å²) in [6.45, 7) is 0. The van der Waals surface area contributed by atoms with Crippen LogP contribution < -0.4 is 0 Å². The van der Waals surface area contributed by atoms with E-state index in [2.05, 4.69) is 36.8 Å². The number of hydrogen-bond donors (Lipinski definition) is 0. The van der Waals surface area contributed by atoms with Crippen molar-refractivity contribution in [2.24, 2.45) is 0 Å². The Morgan fingerprint density at radius 2 is 1.72 bits per heavy atom. The second-order valence-electron chi connectivity index (χ2n) is 7.45. The first-order valence-corrected chi connectivity index (χ1v) is 11.6. The summed E-state index contributed by atoms with van der Waals surface area (Å²) in [5, 5.41) is 0.797. The van der Waals surface area contributed by atoms with E-state index in [1.54, 1.807) is 6.07 Å². The molecular weight excluding hydrogens is 555 g/mol. The molecule has 0 saturated carbocycles. The van der Waals surface area contributed by atoms with Crippen molar-refractivity contribution in [1.29, 1.82) is 0 Å². The highest BCUT2D eigenvalue weighted by Crippen LogP contribution is 2.48. The van der Waals surface area contributed by atoms with E-state index in [4.69, 9.17) is 9.47 Å². The standard InChI is InChI=1S/C23H18Br2F3NO3/c1-31-22(23(26,27)28,14-8-3-2-4-9-14)21(30)32-20-15-11-13-7-5-6-10-18(13)29-19(15)16(24)12-17(20)25/h2-11,16-17,20H,12H2,1H3/t16?,17-,20-,22-/m0/s1. The lowest BCUT2D eigenvalue weighted by Gasteiger charge is -2.37. The predicted molar refractivity (Wildman–Crippen MR) is 121 cm³/mol. The Balaban J connectivity index is 1.80. The second kappa shape index (κ2) is 8.76. The van der Waals surface area contributed by atoms with Gasteiger partial charge in [0.2, 0.25) is 0 Å².